The van der Waals surface area contributed by atoms with Crippen molar-refractivity contribution in [1.82, 2.24) is 5.43 Å². The van der Waals surface area contributed by atoms with E-state index in [2.05, 4.69) is 15.8 Å². The van der Waals surface area contributed by atoms with Gasteiger partial charge in [0.1, 0.15) is 11.5 Å². The first-order valence-electron chi connectivity index (χ1n) is 7.26. The van der Waals surface area contributed by atoms with Gasteiger partial charge in [0.05, 0.1) is 12.0 Å². The van der Waals surface area contributed by atoms with Crippen LogP contribution in [0.25, 0.3) is 0 Å². The first kappa shape index (κ1) is 18.3. The van der Waals surface area contributed by atoms with Crippen LogP contribution in [0.1, 0.15) is 23.7 Å². The maximum Gasteiger partial charge on any atom is 0.275 e. The fourth-order valence-electron chi connectivity index (χ4n) is 1.96. The number of amides is 2. The third-order valence-corrected chi connectivity index (χ3v) is 3.33. The molecule has 0 saturated carbocycles. The van der Waals surface area contributed by atoms with Crippen molar-refractivity contribution in [1.29, 1.82) is 0 Å². The summed E-state index contributed by atoms with van der Waals surface area (Å²) in [5, 5.41) is 25.8. The summed E-state index contributed by atoms with van der Waals surface area (Å²) in [4.78, 5) is 23.8. The summed E-state index contributed by atoms with van der Waals surface area (Å²) in [6, 6.07) is 10.3. The fourth-order valence-corrected chi connectivity index (χ4v) is 2.15. The van der Waals surface area contributed by atoms with Gasteiger partial charge >= 0.3 is 0 Å². The normalized spacial score (nSPS) is 11.0. The lowest BCUT2D eigenvalue weighted by Crippen LogP contribution is -2.21. The highest BCUT2D eigenvalue weighted by Crippen LogP contribution is 2.22. The molecule has 0 heterocycles. The SMILES string of the molecule is C/C(CC(=O)Nc1cccc(Cl)c1)=N\NC(=O)c1ccc(O)cc1O. The standard InChI is InChI=1S/C17H16ClN3O4/c1-10(7-16(24)19-12-4-2-3-11(18)8-12)20-21-17(25)14-6-5-13(22)9-15(14)23/h2-6,8-9,22-23H,7H2,1H3,(H,19,24)(H,21,25)/b20-10+. The topological polar surface area (TPSA) is 111 Å². The number of benzene rings is 2. The molecule has 2 amide bonds. The summed E-state index contributed by atoms with van der Waals surface area (Å²) in [7, 11) is 0. The fraction of sp³-hybridized carbons (Fsp3) is 0.118. The van der Waals surface area contributed by atoms with E-state index < -0.39 is 5.91 Å². The molecule has 0 unspecified atom stereocenters. The lowest BCUT2D eigenvalue weighted by molar-refractivity contribution is -0.115. The molecule has 130 valence electrons. The number of halogens is 1. The van der Waals surface area contributed by atoms with Crippen molar-refractivity contribution in [2.45, 2.75) is 13.3 Å². The third-order valence-electron chi connectivity index (χ3n) is 3.10. The van der Waals surface area contributed by atoms with Gasteiger partial charge < -0.3 is 15.5 Å². The Kier molecular flexibility index (Phi) is 5.97. The molecule has 2 rings (SSSR count). The largest absolute Gasteiger partial charge is 0.508 e. The molecular formula is C17H16ClN3O4. The second kappa shape index (κ2) is 8.16. The molecule has 0 aromatic heterocycles. The highest BCUT2D eigenvalue weighted by molar-refractivity contribution is 6.30. The molecule has 0 fully saturated rings. The molecule has 0 atom stereocenters. The van der Waals surface area contributed by atoms with E-state index in [1.54, 1.807) is 31.2 Å². The zero-order valence-corrected chi connectivity index (χ0v) is 14.0. The van der Waals surface area contributed by atoms with E-state index in [0.29, 0.717) is 16.4 Å². The van der Waals surface area contributed by atoms with Crippen LogP contribution in [-0.2, 0) is 4.79 Å². The van der Waals surface area contributed by atoms with Gasteiger partial charge in [-0.25, -0.2) is 5.43 Å². The predicted octanol–water partition coefficient (Wildman–Crippen LogP) is 2.89. The lowest BCUT2D eigenvalue weighted by atomic mass is 10.2. The van der Waals surface area contributed by atoms with Gasteiger partial charge in [0, 0.05) is 22.5 Å². The van der Waals surface area contributed by atoms with E-state index in [9.17, 15) is 19.8 Å². The highest BCUT2D eigenvalue weighted by atomic mass is 35.5. The second-order valence-electron chi connectivity index (χ2n) is 5.22. The molecule has 0 aliphatic heterocycles. The van der Waals surface area contributed by atoms with Crippen LogP contribution in [-0.4, -0.2) is 27.7 Å². The van der Waals surface area contributed by atoms with Crippen LogP contribution in [0.15, 0.2) is 47.6 Å². The number of nitrogens with one attached hydrogen (secondary N) is 2. The number of phenolic OH excluding ortho intramolecular Hbond substituents is 2. The number of rotatable bonds is 5. The molecule has 25 heavy (non-hydrogen) atoms. The van der Waals surface area contributed by atoms with Gasteiger partial charge in [0.25, 0.3) is 5.91 Å². The van der Waals surface area contributed by atoms with E-state index in [0.717, 1.165) is 6.07 Å². The Morgan fingerprint density at radius 3 is 2.60 bits per heavy atom. The van der Waals surface area contributed by atoms with Crippen molar-refractivity contribution < 1.29 is 19.8 Å². The zero-order valence-electron chi connectivity index (χ0n) is 13.3. The van der Waals surface area contributed by atoms with Crippen LogP contribution in [0.4, 0.5) is 5.69 Å². The molecule has 0 saturated heterocycles. The number of phenols is 2. The number of hydrogen-bond acceptors (Lipinski definition) is 5. The minimum absolute atomic E-state index is 0.0334. The van der Waals surface area contributed by atoms with Gasteiger partial charge in [-0.05, 0) is 37.3 Å². The predicted molar refractivity (Wildman–Crippen MR) is 95.0 cm³/mol. The average molecular weight is 362 g/mol. The minimum Gasteiger partial charge on any atom is -0.508 e. The second-order valence-corrected chi connectivity index (χ2v) is 5.66. The van der Waals surface area contributed by atoms with Crippen LogP contribution in [0.5, 0.6) is 11.5 Å². The van der Waals surface area contributed by atoms with Gasteiger partial charge in [-0.1, -0.05) is 17.7 Å². The summed E-state index contributed by atoms with van der Waals surface area (Å²) in [6.45, 7) is 1.58. The Morgan fingerprint density at radius 2 is 1.92 bits per heavy atom. The van der Waals surface area contributed by atoms with E-state index in [4.69, 9.17) is 11.6 Å². The van der Waals surface area contributed by atoms with Gasteiger partial charge in [0.2, 0.25) is 5.91 Å². The Bertz CT molecular complexity index is 836. The molecule has 4 N–H and O–H groups in total. The molecule has 0 aliphatic carbocycles. The van der Waals surface area contributed by atoms with Crippen LogP contribution in [0.2, 0.25) is 5.02 Å². The van der Waals surface area contributed by atoms with Crippen molar-refractivity contribution >= 4 is 34.8 Å². The number of carbonyl (C=O) groups excluding carboxylic acids is 2. The van der Waals surface area contributed by atoms with E-state index in [1.807, 2.05) is 0 Å². The van der Waals surface area contributed by atoms with Crippen LogP contribution in [0, 0.1) is 0 Å². The number of nitrogens with zero attached hydrogens (tertiary/aromatic N) is 1. The maximum atomic E-state index is 11.9. The molecular weight excluding hydrogens is 346 g/mol. The highest BCUT2D eigenvalue weighted by Gasteiger charge is 2.11. The van der Waals surface area contributed by atoms with Crippen LogP contribution < -0.4 is 10.7 Å². The van der Waals surface area contributed by atoms with Crippen molar-refractivity contribution in [3.63, 3.8) is 0 Å². The number of hydrazone groups is 1. The maximum absolute atomic E-state index is 11.9. The van der Waals surface area contributed by atoms with E-state index >= 15 is 0 Å². The summed E-state index contributed by atoms with van der Waals surface area (Å²) < 4.78 is 0. The number of aromatic hydroxyl groups is 2. The van der Waals surface area contributed by atoms with Crippen molar-refractivity contribution in [2.24, 2.45) is 5.10 Å². The Balaban J connectivity index is 1.92. The van der Waals surface area contributed by atoms with Crippen molar-refractivity contribution in [2.75, 3.05) is 5.32 Å². The number of anilines is 1. The average Bonchev–Trinajstić information content (AvgIpc) is 2.52. The van der Waals surface area contributed by atoms with Crippen molar-refractivity contribution in [3.8, 4) is 11.5 Å². The summed E-state index contributed by atoms with van der Waals surface area (Å²) in [5.41, 5.74) is 3.13. The molecule has 2 aromatic carbocycles. The van der Waals surface area contributed by atoms with Crippen LogP contribution in [0.3, 0.4) is 0 Å². The van der Waals surface area contributed by atoms with E-state index in [1.165, 1.54) is 12.1 Å². The molecule has 0 radical (unpaired) electrons. The molecule has 0 bridgehead atoms. The molecule has 0 aliphatic rings. The third kappa shape index (κ3) is 5.50. The number of hydrogen-bond donors (Lipinski definition) is 4. The van der Waals surface area contributed by atoms with Gasteiger partial charge in [-0.2, -0.15) is 5.10 Å². The summed E-state index contributed by atoms with van der Waals surface area (Å²) in [6.07, 6.45) is -0.0334. The van der Waals surface area contributed by atoms with Gasteiger partial charge in [-0.15, -0.1) is 0 Å². The summed E-state index contributed by atoms with van der Waals surface area (Å²) in [5.74, 6) is -1.51. The molecule has 2 aromatic rings. The molecule has 7 nitrogen and oxygen atoms in total. The Hall–Kier alpha value is -3.06. The molecule has 0 spiro atoms. The zero-order chi connectivity index (χ0) is 18.4. The van der Waals surface area contributed by atoms with Gasteiger partial charge in [0.15, 0.2) is 0 Å². The minimum atomic E-state index is -0.660. The Morgan fingerprint density at radius 1 is 1.16 bits per heavy atom. The van der Waals surface area contributed by atoms with Crippen LogP contribution >= 0.6 is 11.6 Å². The Labute approximate surface area is 148 Å². The number of carbonyl (C=O) groups is 2. The van der Waals surface area contributed by atoms with E-state index in [-0.39, 0.29) is 29.4 Å². The quantitative estimate of drug-likeness (QED) is 0.484. The lowest BCUT2D eigenvalue weighted by Gasteiger charge is -2.06. The van der Waals surface area contributed by atoms with Gasteiger partial charge in [-0.3, -0.25) is 9.59 Å². The summed E-state index contributed by atoms with van der Waals surface area (Å²) >= 11 is 5.84. The first-order valence-corrected chi connectivity index (χ1v) is 7.64. The monoisotopic (exact) mass is 361 g/mol. The van der Waals surface area contributed by atoms with Crippen molar-refractivity contribution in [3.05, 3.63) is 53.1 Å². The smallest absolute Gasteiger partial charge is 0.275 e. The first-order chi connectivity index (χ1) is 11.8. The molecule has 8 heteroatoms.